The highest BCUT2D eigenvalue weighted by Crippen LogP contribution is 2.07. The topological polar surface area (TPSA) is 77.0 Å². The van der Waals surface area contributed by atoms with Crippen LogP contribution >= 0.6 is 0 Å². The van der Waals surface area contributed by atoms with Crippen molar-refractivity contribution in [3.05, 3.63) is 35.9 Å². The molecule has 1 N–H and O–H groups in total. The minimum atomic E-state index is -0.585. The van der Waals surface area contributed by atoms with Gasteiger partial charge in [-0.1, -0.05) is 30.3 Å². The molecule has 0 aromatic heterocycles. The Morgan fingerprint density at radius 1 is 1.32 bits per heavy atom. The van der Waals surface area contributed by atoms with Gasteiger partial charge in [0.2, 0.25) is 12.3 Å². The zero-order valence-electron chi connectivity index (χ0n) is 10.2. The molecule has 19 heavy (non-hydrogen) atoms. The van der Waals surface area contributed by atoms with Gasteiger partial charge in [0, 0.05) is 6.42 Å². The second-order valence-electron chi connectivity index (χ2n) is 4.07. The third-order valence-electron chi connectivity index (χ3n) is 2.63. The Balaban J connectivity index is 1.69. The fraction of sp³-hybridized carbons (Fsp3) is 0.308. The number of imide groups is 1. The van der Waals surface area contributed by atoms with Crippen molar-refractivity contribution in [1.29, 1.82) is 0 Å². The molecule has 100 valence electrons. The monoisotopic (exact) mass is 262 g/mol. The smallest absolute Gasteiger partial charge is 0.251 e. The Hall–Kier alpha value is -2.21. The second kappa shape index (κ2) is 6.65. The molecular weight excluding hydrogens is 248 g/mol. The van der Waals surface area contributed by atoms with E-state index in [0.717, 1.165) is 12.0 Å². The lowest BCUT2D eigenvalue weighted by atomic mass is 10.1. The van der Waals surface area contributed by atoms with Crippen molar-refractivity contribution in [3.8, 4) is 0 Å². The number of hydrogen-bond donors (Lipinski definition) is 1. The van der Waals surface area contributed by atoms with Crippen molar-refractivity contribution in [2.75, 3.05) is 0 Å². The third-order valence-corrected chi connectivity index (χ3v) is 2.63. The lowest BCUT2D eigenvalue weighted by Crippen LogP contribution is -2.43. The predicted octanol–water partition coefficient (Wildman–Crippen LogP) is 0.968. The normalized spacial score (nSPS) is 19.5. The number of hydrogen-bond acceptors (Lipinski definition) is 5. The molecule has 0 aliphatic carbocycles. The van der Waals surface area contributed by atoms with Crippen LogP contribution in [-0.2, 0) is 26.0 Å². The standard InChI is InChI=1S/C13H14N2O4/c16-12-7-6-11(13(17)15-12)14-9-19-18-8-10-4-2-1-3-5-10/h1-5,9,11H,6-8H2,(H,15,16,17)/b14-9+/t11-/m0/s1. The third kappa shape index (κ3) is 4.18. The first-order chi connectivity index (χ1) is 9.25. The van der Waals surface area contributed by atoms with Gasteiger partial charge in [-0.15, -0.1) is 0 Å². The highest BCUT2D eigenvalue weighted by molar-refractivity contribution is 6.00. The van der Waals surface area contributed by atoms with Gasteiger partial charge in [-0.05, 0) is 12.0 Å². The Kier molecular flexibility index (Phi) is 4.63. The first-order valence-electron chi connectivity index (χ1n) is 5.93. The van der Waals surface area contributed by atoms with Crippen LogP contribution < -0.4 is 5.32 Å². The van der Waals surface area contributed by atoms with Crippen molar-refractivity contribution in [2.45, 2.75) is 25.5 Å². The minimum absolute atomic E-state index is 0.266. The van der Waals surface area contributed by atoms with E-state index in [-0.39, 0.29) is 5.91 Å². The highest BCUT2D eigenvalue weighted by Gasteiger charge is 2.25. The molecule has 1 aromatic carbocycles. The zero-order valence-corrected chi connectivity index (χ0v) is 10.2. The molecular formula is C13H14N2O4. The van der Waals surface area contributed by atoms with Gasteiger partial charge in [0.1, 0.15) is 12.6 Å². The number of amides is 2. The van der Waals surface area contributed by atoms with Crippen LogP contribution in [0.15, 0.2) is 35.3 Å². The van der Waals surface area contributed by atoms with E-state index in [9.17, 15) is 9.59 Å². The van der Waals surface area contributed by atoms with Crippen LogP contribution in [-0.4, -0.2) is 24.3 Å². The van der Waals surface area contributed by atoms with E-state index >= 15 is 0 Å². The molecule has 1 aliphatic heterocycles. The Labute approximate surface area is 110 Å². The van der Waals surface area contributed by atoms with E-state index < -0.39 is 11.9 Å². The minimum Gasteiger partial charge on any atom is -0.325 e. The molecule has 0 spiro atoms. The summed E-state index contributed by atoms with van der Waals surface area (Å²) in [5, 5.41) is 2.21. The van der Waals surface area contributed by atoms with Crippen molar-refractivity contribution in [2.24, 2.45) is 4.99 Å². The van der Waals surface area contributed by atoms with E-state index in [1.807, 2.05) is 30.3 Å². The van der Waals surface area contributed by atoms with Crippen molar-refractivity contribution in [1.82, 2.24) is 5.32 Å². The molecule has 0 radical (unpaired) electrons. The number of piperidine rings is 1. The maximum Gasteiger partial charge on any atom is 0.251 e. The molecule has 2 rings (SSSR count). The zero-order chi connectivity index (χ0) is 13.5. The molecule has 2 amide bonds. The van der Waals surface area contributed by atoms with E-state index in [1.165, 1.54) is 0 Å². The molecule has 0 bridgehead atoms. The summed E-state index contributed by atoms with van der Waals surface area (Å²) >= 11 is 0. The highest BCUT2D eigenvalue weighted by atomic mass is 17.2. The van der Waals surface area contributed by atoms with E-state index in [1.54, 1.807) is 0 Å². The molecule has 1 saturated heterocycles. The summed E-state index contributed by atoms with van der Waals surface area (Å²) in [5.41, 5.74) is 0.969. The molecule has 6 nitrogen and oxygen atoms in total. The van der Waals surface area contributed by atoms with Crippen molar-refractivity contribution >= 4 is 18.2 Å². The number of aliphatic imine (C=N–C) groups is 1. The molecule has 6 heteroatoms. The second-order valence-corrected chi connectivity index (χ2v) is 4.07. The quantitative estimate of drug-likeness (QED) is 0.214. The van der Waals surface area contributed by atoms with Gasteiger partial charge in [0.25, 0.3) is 5.91 Å². The molecule has 1 atom stereocenters. The molecule has 0 saturated carbocycles. The Bertz CT molecular complexity index is 473. The average Bonchev–Trinajstić information content (AvgIpc) is 2.42. The summed E-state index contributed by atoms with van der Waals surface area (Å²) in [6, 6.07) is 8.93. The van der Waals surface area contributed by atoms with Gasteiger partial charge in [-0.3, -0.25) is 14.9 Å². The van der Waals surface area contributed by atoms with Crippen LogP contribution in [0.1, 0.15) is 18.4 Å². The van der Waals surface area contributed by atoms with Crippen LogP contribution in [0.5, 0.6) is 0 Å². The van der Waals surface area contributed by atoms with E-state index in [2.05, 4.69) is 10.3 Å². The summed E-state index contributed by atoms with van der Waals surface area (Å²) in [4.78, 5) is 35.8. The SMILES string of the molecule is O=C1CC[C@H](/N=C/OOCc2ccccc2)C(=O)N1. The predicted molar refractivity (Wildman–Crippen MR) is 67.0 cm³/mol. The lowest BCUT2D eigenvalue weighted by Gasteiger charge is -2.16. The van der Waals surface area contributed by atoms with E-state index in [0.29, 0.717) is 19.4 Å². The lowest BCUT2D eigenvalue weighted by molar-refractivity contribution is -0.227. The summed E-state index contributed by atoms with van der Waals surface area (Å²) in [7, 11) is 0. The maximum absolute atomic E-state index is 11.3. The molecule has 1 heterocycles. The van der Waals surface area contributed by atoms with Crippen LogP contribution in [0.2, 0.25) is 0 Å². The van der Waals surface area contributed by atoms with Crippen molar-refractivity contribution < 1.29 is 19.4 Å². The molecule has 0 unspecified atom stereocenters. The van der Waals surface area contributed by atoms with Crippen LogP contribution in [0.25, 0.3) is 0 Å². The van der Waals surface area contributed by atoms with Crippen LogP contribution in [0, 0.1) is 0 Å². The number of rotatable bonds is 5. The largest absolute Gasteiger partial charge is 0.325 e. The molecule has 1 fully saturated rings. The van der Waals surface area contributed by atoms with Crippen molar-refractivity contribution in [3.63, 3.8) is 0 Å². The summed E-state index contributed by atoms with van der Waals surface area (Å²) in [6.45, 7) is 0.294. The number of nitrogens with zero attached hydrogens (tertiary/aromatic N) is 1. The number of carbonyl (C=O) groups is 2. The molecule has 1 aromatic rings. The molecule has 1 aliphatic rings. The average molecular weight is 262 g/mol. The van der Waals surface area contributed by atoms with Gasteiger partial charge in [-0.2, -0.15) is 4.89 Å². The van der Waals surface area contributed by atoms with Gasteiger partial charge >= 0.3 is 0 Å². The van der Waals surface area contributed by atoms with E-state index in [4.69, 9.17) is 9.78 Å². The van der Waals surface area contributed by atoms with Gasteiger partial charge in [-0.25, -0.2) is 4.99 Å². The van der Waals surface area contributed by atoms with Gasteiger partial charge in [0.15, 0.2) is 0 Å². The van der Waals surface area contributed by atoms with Crippen LogP contribution in [0.3, 0.4) is 0 Å². The summed E-state index contributed by atoms with van der Waals surface area (Å²) in [5.74, 6) is -0.670. The first-order valence-corrected chi connectivity index (χ1v) is 5.93. The Morgan fingerprint density at radius 2 is 2.11 bits per heavy atom. The first kappa shape index (κ1) is 13.2. The number of benzene rings is 1. The fourth-order valence-electron chi connectivity index (χ4n) is 1.63. The summed E-state index contributed by atoms with van der Waals surface area (Å²) < 4.78 is 0. The van der Waals surface area contributed by atoms with Gasteiger partial charge in [0.05, 0.1) is 0 Å². The maximum atomic E-state index is 11.3. The van der Waals surface area contributed by atoms with Gasteiger partial charge < -0.3 is 4.89 Å². The Morgan fingerprint density at radius 3 is 2.84 bits per heavy atom. The van der Waals surface area contributed by atoms with Crippen LogP contribution in [0.4, 0.5) is 0 Å². The number of nitrogens with one attached hydrogen (secondary N) is 1. The number of carbonyl (C=O) groups excluding carboxylic acids is 2. The summed E-state index contributed by atoms with van der Waals surface area (Å²) in [6.07, 6.45) is 1.77. The fourth-order valence-corrected chi connectivity index (χ4v) is 1.63.